The maximum atomic E-state index is 13.8. The summed E-state index contributed by atoms with van der Waals surface area (Å²) in [5.74, 6) is -1.46. The number of piperidine rings is 1. The molecule has 9 heteroatoms. The summed E-state index contributed by atoms with van der Waals surface area (Å²) >= 11 is 0. The van der Waals surface area contributed by atoms with Crippen molar-refractivity contribution in [3.8, 4) is 11.3 Å². The van der Waals surface area contributed by atoms with Gasteiger partial charge in [0.2, 0.25) is 0 Å². The van der Waals surface area contributed by atoms with Crippen LogP contribution in [-0.4, -0.2) is 31.7 Å². The van der Waals surface area contributed by atoms with E-state index in [2.05, 4.69) is 19.8 Å². The minimum atomic E-state index is -4.40. The zero-order valence-corrected chi connectivity index (χ0v) is 16.9. The normalized spacial score (nSPS) is 14.5. The molecule has 6 nitrogen and oxygen atoms in total. The lowest BCUT2D eigenvalue weighted by Crippen LogP contribution is -2.30. The molecule has 156 valence electrons. The van der Waals surface area contributed by atoms with Crippen molar-refractivity contribution in [2.45, 2.75) is 24.2 Å². The van der Waals surface area contributed by atoms with E-state index in [1.54, 1.807) is 12.1 Å². The van der Waals surface area contributed by atoms with Crippen LogP contribution < -0.4 is 9.62 Å². The Balaban J connectivity index is 1.50. The average molecular weight is 430 g/mol. The summed E-state index contributed by atoms with van der Waals surface area (Å²) in [6, 6.07) is 13.0. The number of nitrogens with one attached hydrogen (secondary N) is 1. The average Bonchev–Trinajstić information content (AvgIpc) is 2.74. The van der Waals surface area contributed by atoms with E-state index >= 15 is 0 Å². The Labute approximate surface area is 173 Å². The lowest BCUT2D eigenvalue weighted by Gasteiger charge is -2.27. The second kappa shape index (κ2) is 8.35. The van der Waals surface area contributed by atoms with Crippen LogP contribution in [0.4, 0.5) is 20.3 Å². The van der Waals surface area contributed by atoms with Crippen molar-refractivity contribution in [2.24, 2.45) is 0 Å². The maximum Gasteiger partial charge on any atom is 0.267 e. The molecular weight excluding hydrogens is 410 g/mol. The monoisotopic (exact) mass is 430 g/mol. The lowest BCUT2D eigenvalue weighted by atomic mass is 10.1. The van der Waals surface area contributed by atoms with Gasteiger partial charge in [-0.1, -0.05) is 18.2 Å². The van der Waals surface area contributed by atoms with Crippen LogP contribution in [-0.2, 0) is 10.0 Å². The minimum Gasteiger partial charge on any atom is -0.355 e. The van der Waals surface area contributed by atoms with Gasteiger partial charge in [0.15, 0.2) is 10.7 Å². The van der Waals surface area contributed by atoms with Crippen LogP contribution in [0.2, 0.25) is 0 Å². The summed E-state index contributed by atoms with van der Waals surface area (Å²) in [7, 11) is -4.40. The van der Waals surface area contributed by atoms with Gasteiger partial charge in [0.1, 0.15) is 11.6 Å². The third-order valence-electron chi connectivity index (χ3n) is 4.95. The number of halogens is 2. The Bertz CT molecular complexity index is 1110. The van der Waals surface area contributed by atoms with Crippen LogP contribution in [0.5, 0.6) is 0 Å². The fraction of sp³-hybridized carbons (Fsp3) is 0.238. The van der Waals surface area contributed by atoms with E-state index in [1.807, 2.05) is 12.1 Å². The van der Waals surface area contributed by atoms with E-state index in [4.69, 9.17) is 0 Å². The highest BCUT2D eigenvalue weighted by molar-refractivity contribution is 7.92. The molecule has 30 heavy (non-hydrogen) atoms. The molecule has 0 radical (unpaired) electrons. The predicted molar refractivity (Wildman–Crippen MR) is 111 cm³/mol. The van der Waals surface area contributed by atoms with Crippen LogP contribution in [0.1, 0.15) is 19.3 Å². The third-order valence-corrected chi connectivity index (χ3v) is 6.38. The predicted octanol–water partition coefficient (Wildman–Crippen LogP) is 4.21. The van der Waals surface area contributed by atoms with E-state index in [0.29, 0.717) is 5.69 Å². The van der Waals surface area contributed by atoms with Gasteiger partial charge in [0.05, 0.1) is 5.69 Å². The van der Waals surface area contributed by atoms with E-state index in [9.17, 15) is 17.2 Å². The molecular formula is C21H20F2N4O2S. The van der Waals surface area contributed by atoms with Crippen molar-refractivity contribution >= 4 is 21.5 Å². The van der Waals surface area contributed by atoms with Crippen molar-refractivity contribution in [1.29, 1.82) is 0 Å². The summed E-state index contributed by atoms with van der Waals surface area (Å²) in [6.07, 6.45) is 3.54. The van der Waals surface area contributed by atoms with Crippen molar-refractivity contribution in [3.63, 3.8) is 0 Å². The van der Waals surface area contributed by atoms with Crippen LogP contribution in [0, 0.1) is 11.6 Å². The van der Waals surface area contributed by atoms with Crippen LogP contribution in [0.3, 0.4) is 0 Å². The molecule has 1 aliphatic rings. The molecule has 0 unspecified atom stereocenters. The van der Waals surface area contributed by atoms with Gasteiger partial charge in [-0.05, 0) is 55.7 Å². The number of benzene rings is 2. The van der Waals surface area contributed by atoms with Crippen LogP contribution in [0.15, 0.2) is 59.5 Å². The summed E-state index contributed by atoms with van der Waals surface area (Å²) in [5.41, 5.74) is 1.57. The van der Waals surface area contributed by atoms with Gasteiger partial charge in [0, 0.05) is 24.3 Å². The van der Waals surface area contributed by atoms with E-state index in [-0.39, 0.29) is 5.69 Å². The quantitative estimate of drug-likeness (QED) is 0.656. The SMILES string of the molecule is O=S(=O)(Nc1ccc(-c2ccc(N3CCCCC3)nn2)cc1)c1c(F)cccc1F. The number of hydrogen-bond donors (Lipinski definition) is 1. The van der Waals surface area contributed by atoms with Gasteiger partial charge in [-0.25, -0.2) is 17.2 Å². The molecule has 0 saturated carbocycles. The molecule has 1 aliphatic heterocycles. The molecule has 2 heterocycles. The van der Waals surface area contributed by atoms with Crippen molar-refractivity contribution in [2.75, 3.05) is 22.7 Å². The van der Waals surface area contributed by atoms with E-state index < -0.39 is 26.6 Å². The Hall–Kier alpha value is -3.07. The van der Waals surface area contributed by atoms with E-state index in [1.165, 1.54) is 18.6 Å². The molecule has 1 saturated heterocycles. The van der Waals surface area contributed by atoms with E-state index in [0.717, 1.165) is 55.5 Å². The number of aromatic nitrogens is 2. The second-order valence-electron chi connectivity index (χ2n) is 7.06. The van der Waals surface area contributed by atoms with Crippen molar-refractivity contribution in [3.05, 3.63) is 66.2 Å². The highest BCUT2D eigenvalue weighted by Crippen LogP contribution is 2.25. The first kappa shape index (κ1) is 20.2. The zero-order valence-electron chi connectivity index (χ0n) is 16.1. The summed E-state index contributed by atoms with van der Waals surface area (Å²) in [6.45, 7) is 1.96. The fourth-order valence-electron chi connectivity index (χ4n) is 3.43. The number of anilines is 2. The highest BCUT2D eigenvalue weighted by Gasteiger charge is 2.23. The van der Waals surface area contributed by atoms with Crippen LogP contribution >= 0.6 is 0 Å². The van der Waals surface area contributed by atoms with Gasteiger partial charge in [-0.15, -0.1) is 10.2 Å². The van der Waals surface area contributed by atoms with Gasteiger partial charge in [-0.2, -0.15) is 0 Å². The Morgan fingerprint density at radius 1 is 0.833 bits per heavy atom. The van der Waals surface area contributed by atoms with Gasteiger partial charge in [-0.3, -0.25) is 4.72 Å². The Morgan fingerprint density at radius 3 is 2.10 bits per heavy atom. The summed E-state index contributed by atoms with van der Waals surface area (Å²) in [5, 5.41) is 8.57. The molecule has 1 N–H and O–H groups in total. The number of sulfonamides is 1. The largest absolute Gasteiger partial charge is 0.355 e. The molecule has 1 fully saturated rings. The number of rotatable bonds is 5. The minimum absolute atomic E-state index is 0.180. The first-order valence-electron chi connectivity index (χ1n) is 9.60. The number of nitrogens with zero attached hydrogens (tertiary/aromatic N) is 3. The summed E-state index contributed by atoms with van der Waals surface area (Å²) < 4.78 is 54.6. The molecule has 1 aromatic heterocycles. The Morgan fingerprint density at radius 2 is 1.50 bits per heavy atom. The second-order valence-corrected chi connectivity index (χ2v) is 8.68. The van der Waals surface area contributed by atoms with Crippen molar-refractivity contribution in [1.82, 2.24) is 10.2 Å². The smallest absolute Gasteiger partial charge is 0.267 e. The number of hydrogen-bond acceptors (Lipinski definition) is 5. The lowest BCUT2D eigenvalue weighted by molar-refractivity contribution is 0.521. The molecule has 0 aliphatic carbocycles. The molecule has 2 aromatic carbocycles. The summed E-state index contributed by atoms with van der Waals surface area (Å²) in [4.78, 5) is 1.20. The highest BCUT2D eigenvalue weighted by atomic mass is 32.2. The molecule has 0 atom stereocenters. The standard InChI is InChI=1S/C21H20F2N4O2S/c22-17-5-4-6-18(23)21(17)30(28,29)26-16-9-7-15(8-10-16)19-11-12-20(25-24-19)27-13-2-1-3-14-27/h4-12,26H,1-3,13-14H2. The van der Waals surface area contributed by atoms with Crippen molar-refractivity contribution < 1.29 is 17.2 Å². The van der Waals surface area contributed by atoms with Gasteiger partial charge >= 0.3 is 0 Å². The van der Waals surface area contributed by atoms with Gasteiger partial charge < -0.3 is 4.90 Å². The first-order valence-corrected chi connectivity index (χ1v) is 11.1. The Kier molecular flexibility index (Phi) is 5.63. The third kappa shape index (κ3) is 4.25. The molecule has 3 aromatic rings. The molecule has 4 rings (SSSR count). The molecule has 0 bridgehead atoms. The first-order chi connectivity index (χ1) is 14.4. The zero-order chi connectivity index (χ0) is 21.1. The maximum absolute atomic E-state index is 13.8. The molecule has 0 spiro atoms. The molecule has 0 amide bonds. The van der Waals surface area contributed by atoms with Gasteiger partial charge in [0.25, 0.3) is 10.0 Å². The van der Waals surface area contributed by atoms with Crippen LogP contribution in [0.25, 0.3) is 11.3 Å². The fourth-order valence-corrected chi connectivity index (χ4v) is 4.62. The topological polar surface area (TPSA) is 75.2 Å².